The molecule has 1 aliphatic heterocycles. The van der Waals surface area contributed by atoms with Gasteiger partial charge in [0.15, 0.2) is 11.5 Å². The molecule has 2 heterocycles. The molecule has 0 N–H and O–H groups in total. The summed E-state index contributed by atoms with van der Waals surface area (Å²) < 4.78 is 39.0. The molecule has 110 valence electrons. The van der Waals surface area contributed by atoms with Crippen LogP contribution in [0.4, 0.5) is 18.9 Å². The van der Waals surface area contributed by atoms with Gasteiger partial charge in [0.1, 0.15) is 0 Å². The molecule has 0 bridgehead atoms. The highest BCUT2D eigenvalue weighted by Gasteiger charge is 2.34. The molecule has 0 spiro atoms. The van der Waals surface area contributed by atoms with Crippen molar-refractivity contribution in [2.45, 2.75) is 19.1 Å². The van der Waals surface area contributed by atoms with E-state index in [-0.39, 0.29) is 11.8 Å². The Morgan fingerprint density at radius 2 is 2.00 bits per heavy atom. The quantitative estimate of drug-likeness (QED) is 0.812. The summed E-state index contributed by atoms with van der Waals surface area (Å²) in [5.41, 5.74) is 0.892. The number of benzene rings is 1. The first-order valence-corrected chi connectivity index (χ1v) is 6.31. The number of nitrogens with zero attached hydrogens (tertiary/aromatic N) is 3. The molecule has 1 aromatic heterocycles. The lowest BCUT2D eigenvalue weighted by Gasteiger charge is -2.17. The van der Waals surface area contributed by atoms with Gasteiger partial charge in [0.2, 0.25) is 0 Å². The van der Waals surface area contributed by atoms with Crippen LogP contribution in [0, 0.1) is 0 Å². The number of alkyl halides is 3. The van der Waals surface area contributed by atoms with Crippen molar-refractivity contribution in [1.29, 1.82) is 0 Å². The monoisotopic (exact) mass is 295 g/mol. The van der Waals surface area contributed by atoms with E-state index in [0.717, 1.165) is 12.5 Å². The predicted octanol–water partition coefficient (Wildman–Crippen LogP) is 2.91. The maximum atomic E-state index is 12.6. The Hall–Kier alpha value is -2.31. The van der Waals surface area contributed by atoms with Gasteiger partial charge in [0.05, 0.1) is 18.1 Å². The van der Waals surface area contributed by atoms with Crippen molar-refractivity contribution in [3.63, 3.8) is 0 Å². The van der Waals surface area contributed by atoms with Crippen molar-refractivity contribution in [3.8, 4) is 5.69 Å². The number of rotatable bonds is 1. The molecule has 2 aromatic rings. The third kappa shape index (κ3) is 2.09. The van der Waals surface area contributed by atoms with E-state index in [1.807, 2.05) is 4.90 Å². The van der Waals surface area contributed by atoms with Gasteiger partial charge < -0.3 is 9.47 Å². The SMILES string of the molecule is CC1C(=O)c2ccc(-n3cnc(C(F)(F)F)c3)cc2N1C. The number of Topliss-reactive ketones (excluding diaryl/α,β-unsaturated/α-hetero) is 1. The van der Waals surface area contributed by atoms with Crippen LogP contribution in [0.25, 0.3) is 5.69 Å². The number of halogens is 3. The van der Waals surface area contributed by atoms with Gasteiger partial charge in [-0.25, -0.2) is 4.98 Å². The second kappa shape index (κ2) is 4.34. The van der Waals surface area contributed by atoms with Crippen LogP contribution in [0.15, 0.2) is 30.7 Å². The molecule has 1 aromatic carbocycles. The summed E-state index contributed by atoms with van der Waals surface area (Å²) in [6, 6.07) is 4.69. The van der Waals surface area contributed by atoms with Gasteiger partial charge in [-0.15, -0.1) is 0 Å². The van der Waals surface area contributed by atoms with Crippen LogP contribution in [-0.4, -0.2) is 28.4 Å². The van der Waals surface area contributed by atoms with Gasteiger partial charge in [0.25, 0.3) is 0 Å². The Bertz CT molecular complexity index is 720. The van der Waals surface area contributed by atoms with E-state index < -0.39 is 11.9 Å². The summed E-state index contributed by atoms with van der Waals surface area (Å²) in [7, 11) is 1.78. The summed E-state index contributed by atoms with van der Waals surface area (Å²) in [6.45, 7) is 1.79. The van der Waals surface area contributed by atoms with Crippen LogP contribution in [-0.2, 0) is 6.18 Å². The van der Waals surface area contributed by atoms with Crippen molar-refractivity contribution in [3.05, 3.63) is 42.0 Å². The molecular formula is C14H12F3N3O. The van der Waals surface area contributed by atoms with Gasteiger partial charge in [-0.1, -0.05) is 0 Å². The second-order valence-electron chi connectivity index (χ2n) is 5.02. The lowest BCUT2D eigenvalue weighted by molar-refractivity contribution is -0.140. The van der Waals surface area contributed by atoms with Crippen molar-refractivity contribution in [1.82, 2.24) is 9.55 Å². The number of aromatic nitrogens is 2. The Labute approximate surface area is 118 Å². The van der Waals surface area contributed by atoms with Crippen LogP contribution in [0.1, 0.15) is 23.0 Å². The molecule has 0 saturated carbocycles. The van der Waals surface area contributed by atoms with E-state index in [2.05, 4.69) is 4.98 Å². The van der Waals surface area contributed by atoms with E-state index >= 15 is 0 Å². The highest BCUT2D eigenvalue weighted by atomic mass is 19.4. The lowest BCUT2D eigenvalue weighted by Crippen LogP contribution is -2.28. The summed E-state index contributed by atoms with van der Waals surface area (Å²) >= 11 is 0. The number of fused-ring (bicyclic) bond motifs is 1. The van der Waals surface area contributed by atoms with E-state index in [9.17, 15) is 18.0 Å². The minimum atomic E-state index is -4.47. The molecule has 21 heavy (non-hydrogen) atoms. The molecule has 0 radical (unpaired) electrons. The second-order valence-corrected chi connectivity index (χ2v) is 5.02. The molecule has 0 amide bonds. The maximum Gasteiger partial charge on any atom is 0.434 e. The summed E-state index contributed by atoms with van der Waals surface area (Å²) in [5.74, 6) is 0.0145. The average Bonchev–Trinajstić information content (AvgIpc) is 3.00. The maximum absolute atomic E-state index is 12.6. The molecule has 0 aliphatic carbocycles. The minimum absolute atomic E-state index is 0.0145. The summed E-state index contributed by atoms with van der Waals surface area (Å²) in [6.07, 6.45) is -2.42. The highest BCUT2D eigenvalue weighted by molar-refractivity contribution is 6.10. The van der Waals surface area contributed by atoms with Crippen LogP contribution in [0.5, 0.6) is 0 Å². The van der Waals surface area contributed by atoms with E-state index in [1.165, 1.54) is 4.57 Å². The Kier molecular flexibility index (Phi) is 2.82. The Morgan fingerprint density at radius 1 is 1.29 bits per heavy atom. The zero-order chi connectivity index (χ0) is 15.4. The fourth-order valence-corrected chi connectivity index (χ4v) is 2.40. The number of imidazole rings is 1. The molecule has 4 nitrogen and oxygen atoms in total. The van der Waals surface area contributed by atoms with Crippen LogP contribution in [0.3, 0.4) is 0 Å². The van der Waals surface area contributed by atoms with Crippen LogP contribution < -0.4 is 4.90 Å². The number of anilines is 1. The summed E-state index contributed by atoms with van der Waals surface area (Å²) in [4.78, 5) is 17.2. The number of likely N-dealkylation sites (N-methyl/N-ethyl adjacent to an activating group) is 1. The molecule has 1 atom stereocenters. The third-order valence-electron chi connectivity index (χ3n) is 3.76. The van der Waals surface area contributed by atoms with Gasteiger partial charge in [-0.3, -0.25) is 4.79 Å². The van der Waals surface area contributed by atoms with Crippen LogP contribution in [0.2, 0.25) is 0 Å². The number of hydrogen-bond acceptors (Lipinski definition) is 3. The first kappa shape index (κ1) is 13.7. The largest absolute Gasteiger partial charge is 0.434 e. The zero-order valence-corrected chi connectivity index (χ0v) is 11.3. The fraction of sp³-hybridized carbons (Fsp3) is 0.286. The first-order chi connectivity index (χ1) is 9.79. The van der Waals surface area contributed by atoms with Crippen molar-refractivity contribution < 1.29 is 18.0 Å². The minimum Gasteiger partial charge on any atom is -0.364 e. The average molecular weight is 295 g/mol. The van der Waals surface area contributed by atoms with E-state index in [0.29, 0.717) is 16.9 Å². The molecule has 3 rings (SSSR count). The predicted molar refractivity (Wildman–Crippen MR) is 70.8 cm³/mol. The highest BCUT2D eigenvalue weighted by Crippen LogP contribution is 2.33. The van der Waals surface area contributed by atoms with Crippen LogP contribution >= 0.6 is 0 Å². The van der Waals surface area contributed by atoms with E-state index in [4.69, 9.17) is 0 Å². The van der Waals surface area contributed by atoms with Gasteiger partial charge in [-0.2, -0.15) is 13.2 Å². The standard InChI is InChI=1S/C14H12F3N3O/c1-8-13(21)10-4-3-9(5-11(10)19(8)2)20-6-12(18-7-20)14(15,16)17/h3-8H,1-2H3. The fourth-order valence-electron chi connectivity index (χ4n) is 2.40. The van der Waals surface area contributed by atoms with Gasteiger partial charge in [0, 0.05) is 24.5 Å². The third-order valence-corrected chi connectivity index (χ3v) is 3.76. The molecule has 0 fully saturated rings. The number of carbonyl (C=O) groups excluding carboxylic acids is 1. The van der Waals surface area contributed by atoms with E-state index in [1.54, 1.807) is 32.2 Å². The number of carbonyl (C=O) groups is 1. The van der Waals surface area contributed by atoms with Crippen molar-refractivity contribution in [2.75, 3.05) is 11.9 Å². The molecule has 7 heteroatoms. The summed E-state index contributed by atoms with van der Waals surface area (Å²) in [5, 5.41) is 0. The molecular weight excluding hydrogens is 283 g/mol. The normalized spacial score (nSPS) is 18.2. The lowest BCUT2D eigenvalue weighted by atomic mass is 10.1. The molecule has 1 unspecified atom stereocenters. The van der Waals surface area contributed by atoms with Crippen molar-refractivity contribution >= 4 is 11.5 Å². The number of ketones is 1. The molecule has 0 saturated heterocycles. The first-order valence-electron chi connectivity index (χ1n) is 6.31. The topological polar surface area (TPSA) is 38.1 Å². The Morgan fingerprint density at radius 3 is 2.62 bits per heavy atom. The Balaban J connectivity index is 2.03. The number of hydrogen-bond donors (Lipinski definition) is 0. The van der Waals surface area contributed by atoms with Gasteiger partial charge >= 0.3 is 6.18 Å². The zero-order valence-electron chi connectivity index (χ0n) is 11.3. The smallest absolute Gasteiger partial charge is 0.364 e. The van der Waals surface area contributed by atoms with Gasteiger partial charge in [-0.05, 0) is 25.1 Å². The van der Waals surface area contributed by atoms with Crippen molar-refractivity contribution in [2.24, 2.45) is 0 Å². The molecule has 1 aliphatic rings.